The van der Waals surface area contributed by atoms with Crippen LogP contribution in [0.4, 0.5) is 4.70 Å². The average molecular weight is 156 g/mol. The van der Waals surface area contributed by atoms with E-state index in [1.807, 2.05) is 0 Å². The van der Waals surface area contributed by atoms with Crippen LogP contribution >= 0.6 is 0 Å². The zero-order valence-electron chi connectivity index (χ0n) is 6.07. The van der Waals surface area contributed by atoms with Gasteiger partial charge in [0, 0.05) is 19.4 Å². The Morgan fingerprint density at radius 3 is 2.82 bits per heavy atom. The number of halogens is 1. The Balaban J connectivity index is 0.000001000. The van der Waals surface area contributed by atoms with Gasteiger partial charge in [-0.25, -0.2) is 0 Å². The molecule has 0 aromatic carbocycles. The van der Waals surface area contributed by atoms with Gasteiger partial charge in [-0.05, 0) is 12.1 Å². The Morgan fingerprint density at radius 2 is 2.36 bits per heavy atom. The van der Waals surface area contributed by atoms with Crippen LogP contribution < -0.4 is 5.32 Å². The summed E-state index contributed by atoms with van der Waals surface area (Å²) < 4.78 is 0. The smallest absolute Gasteiger partial charge is 0.252 e. The monoisotopic (exact) mass is 156 g/mol. The van der Waals surface area contributed by atoms with Crippen LogP contribution in [0.1, 0.15) is 10.4 Å². The number of hydrogen-bond acceptors (Lipinski definition) is 2. The molecular weight excluding hydrogens is 147 g/mol. The first-order valence-corrected chi connectivity index (χ1v) is 2.96. The highest BCUT2D eigenvalue weighted by Crippen LogP contribution is 1.93. The van der Waals surface area contributed by atoms with Crippen molar-refractivity contribution in [1.82, 2.24) is 10.3 Å². The third-order valence-corrected chi connectivity index (χ3v) is 1.15. The normalized spacial score (nSPS) is 8.09. The molecule has 1 aromatic heterocycles. The fraction of sp³-hybridized carbons (Fsp3) is 0.143. The summed E-state index contributed by atoms with van der Waals surface area (Å²) in [5.41, 5.74) is 0.588. The lowest BCUT2D eigenvalue weighted by atomic mass is 10.3. The maximum Gasteiger partial charge on any atom is 0.252 e. The molecule has 0 aliphatic heterocycles. The minimum Gasteiger partial charge on any atom is -0.355 e. The Labute approximate surface area is 63.8 Å². The van der Waals surface area contributed by atoms with E-state index < -0.39 is 0 Å². The zero-order valence-corrected chi connectivity index (χ0v) is 6.07. The largest absolute Gasteiger partial charge is 0.355 e. The number of nitrogens with zero attached hydrogens (tertiary/aromatic N) is 1. The van der Waals surface area contributed by atoms with Crippen LogP contribution in [-0.4, -0.2) is 17.9 Å². The summed E-state index contributed by atoms with van der Waals surface area (Å²) in [6.45, 7) is 0. The molecule has 0 saturated carbocycles. The molecule has 0 spiro atoms. The first kappa shape index (κ1) is 9.55. The van der Waals surface area contributed by atoms with Gasteiger partial charge >= 0.3 is 0 Å². The summed E-state index contributed by atoms with van der Waals surface area (Å²) in [4.78, 5) is 14.7. The van der Waals surface area contributed by atoms with Crippen molar-refractivity contribution in [1.29, 1.82) is 0 Å². The van der Waals surface area contributed by atoms with Gasteiger partial charge in [-0.15, -0.1) is 0 Å². The molecule has 0 aliphatic rings. The van der Waals surface area contributed by atoms with E-state index in [1.54, 1.807) is 25.4 Å². The SMILES string of the molecule is CNC(=O)c1cccnc1.F. The number of rotatable bonds is 1. The van der Waals surface area contributed by atoms with E-state index in [0.29, 0.717) is 5.56 Å². The molecule has 0 fully saturated rings. The molecule has 0 saturated heterocycles. The molecule has 0 atom stereocenters. The van der Waals surface area contributed by atoms with Crippen molar-refractivity contribution in [2.24, 2.45) is 0 Å². The summed E-state index contributed by atoms with van der Waals surface area (Å²) in [5.74, 6) is -0.104. The fourth-order valence-electron chi connectivity index (χ4n) is 0.641. The summed E-state index contributed by atoms with van der Waals surface area (Å²) in [6, 6.07) is 3.44. The van der Waals surface area contributed by atoms with Crippen LogP contribution in [0.2, 0.25) is 0 Å². The second-order valence-corrected chi connectivity index (χ2v) is 1.82. The molecular formula is C7H9FN2O. The van der Waals surface area contributed by atoms with Crippen molar-refractivity contribution >= 4 is 5.91 Å². The van der Waals surface area contributed by atoms with E-state index in [0.717, 1.165) is 0 Å². The molecule has 3 nitrogen and oxygen atoms in total. The molecule has 0 bridgehead atoms. The van der Waals surface area contributed by atoms with Gasteiger partial charge in [-0.1, -0.05) is 0 Å². The van der Waals surface area contributed by atoms with E-state index in [1.165, 1.54) is 6.20 Å². The highest BCUT2D eigenvalue weighted by atomic mass is 19.0. The number of pyridine rings is 1. The van der Waals surface area contributed by atoms with Crippen molar-refractivity contribution in [2.75, 3.05) is 7.05 Å². The summed E-state index contributed by atoms with van der Waals surface area (Å²) in [6.07, 6.45) is 3.16. The molecule has 4 heteroatoms. The van der Waals surface area contributed by atoms with Crippen LogP contribution in [0, 0.1) is 0 Å². The van der Waals surface area contributed by atoms with Crippen LogP contribution in [0.5, 0.6) is 0 Å². The van der Waals surface area contributed by atoms with Crippen LogP contribution in [0.25, 0.3) is 0 Å². The molecule has 60 valence electrons. The number of hydrogen-bond donors (Lipinski definition) is 1. The predicted octanol–water partition coefficient (Wildman–Crippen LogP) is 0.594. The van der Waals surface area contributed by atoms with E-state index >= 15 is 0 Å². The first-order valence-electron chi connectivity index (χ1n) is 2.96. The lowest BCUT2D eigenvalue weighted by molar-refractivity contribution is 0.0962. The van der Waals surface area contributed by atoms with Crippen molar-refractivity contribution in [2.45, 2.75) is 0 Å². The Hall–Kier alpha value is -1.45. The molecule has 1 N–H and O–H groups in total. The third-order valence-electron chi connectivity index (χ3n) is 1.15. The zero-order chi connectivity index (χ0) is 7.40. The molecule has 11 heavy (non-hydrogen) atoms. The van der Waals surface area contributed by atoms with Crippen molar-refractivity contribution in [3.05, 3.63) is 30.1 Å². The Bertz CT molecular complexity index is 225. The fourth-order valence-corrected chi connectivity index (χ4v) is 0.641. The lowest BCUT2D eigenvalue weighted by Crippen LogP contribution is -2.17. The van der Waals surface area contributed by atoms with Gasteiger partial charge in [0.25, 0.3) is 5.91 Å². The third kappa shape index (κ3) is 2.33. The average Bonchev–Trinajstić information content (AvgIpc) is 2.05. The number of aromatic nitrogens is 1. The van der Waals surface area contributed by atoms with E-state index in [-0.39, 0.29) is 10.6 Å². The van der Waals surface area contributed by atoms with E-state index in [4.69, 9.17) is 0 Å². The van der Waals surface area contributed by atoms with Crippen LogP contribution in [0.15, 0.2) is 24.5 Å². The summed E-state index contributed by atoms with van der Waals surface area (Å²) in [5, 5.41) is 2.50. The lowest BCUT2D eigenvalue weighted by Gasteiger charge is -1.95. The maximum atomic E-state index is 10.9. The van der Waals surface area contributed by atoms with E-state index in [2.05, 4.69) is 10.3 Å². The molecule has 1 amide bonds. The molecule has 1 rings (SSSR count). The number of nitrogens with one attached hydrogen (secondary N) is 1. The van der Waals surface area contributed by atoms with Crippen LogP contribution in [0.3, 0.4) is 0 Å². The molecule has 0 aliphatic carbocycles. The number of carbonyl (C=O) groups excluding carboxylic acids is 1. The van der Waals surface area contributed by atoms with Gasteiger partial charge in [0.1, 0.15) is 0 Å². The molecule has 1 heterocycles. The first-order chi connectivity index (χ1) is 4.84. The Morgan fingerprint density at radius 1 is 1.64 bits per heavy atom. The summed E-state index contributed by atoms with van der Waals surface area (Å²) >= 11 is 0. The second kappa shape index (κ2) is 4.38. The van der Waals surface area contributed by atoms with Gasteiger partial charge in [-0.2, -0.15) is 0 Å². The van der Waals surface area contributed by atoms with Crippen molar-refractivity contribution in [3.63, 3.8) is 0 Å². The molecule has 0 unspecified atom stereocenters. The minimum absolute atomic E-state index is 0. The highest BCUT2D eigenvalue weighted by molar-refractivity contribution is 5.93. The quantitative estimate of drug-likeness (QED) is 0.646. The van der Waals surface area contributed by atoms with Gasteiger partial charge < -0.3 is 5.32 Å². The minimum atomic E-state index is -0.104. The van der Waals surface area contributed by atoms with Gasteiger partial charge in [0.05, 0.1) is 5.56 Å². The molecule has 1 aromatic rings. The maximum absolute atomic E-state index is 10.9. The summed E-state index contributed by atoms with van der Waals surface area (Å²) in [7, 11) is 1.59. The Kier molecular flexibility index (Phi) is 3.80. The second-order valence-electron chi connectivity index (χ2n) is 1.82. The van der Waals surface area contributed by atoms with Gasteiger partial charge in [0.2, 0.25) is 0 Å². The van der Waals surface area contributed by atoms with Crippen molar-refractivity contribution in [3.8, 4) is 0 Å². The van der Waals surface area contributed by atoms with Crippen molar-refractivity contribution < 1.29 is 9.50 Å². The topological polar surface area (TPSA) is 42.0 Å². The highest BCUT2D eigenvalue weighted by Gasteiger charge is 1.98. The van der Waals surface area contributed by atoms with Gasteiger partial charge in [0.15, 0.2) is 0 Å². The molecule has 0 radical (unpaired) electrons. The number of amides is 1. The number of carbonyl (C=O) groups is 1. The standard InChI is InChI=1S/C7H8N2O.FH/c1-8-7(10)6-3-2-4-9-5-6;/h2-5H,1H3,(H,8,10);1H. The van der Waals surface area contributed by atoms with E-state index in [9.17, 15) is 4.79 Å². The van der Waals surface area contributed by atoms with Gasteiger partial charge in [-0.3, -0.25) is 14.5 Å². The predicted molar refractivity (Wildman–Crippen MR) is 40.1 cm³/mol. The van der Waals surface area contributed by atoms with Crippen LogP contribution in [-0.2, 0) is 0 Å².